The minimum atomic E-state index is -1.01. The van der Waals surface area contributed by atoms with Crippen molar-refractivity contribution < 1.29 is 14.7 Å². The van der Waals surface area contributed by atoms with Gasteiger partial charge < -0.3 is 20.3 Å². The van der Waals surface area contributed by atoms with E-state index in [2.05, 4.69) is 15.3 Å². The molecule has 0 bridgehead atoms. The zero-order chi connectivity index (χ0) is 18.4. The van der Waals surface area contributed by atoms with E-state index in [1.807, 2.05) is 31.4 Å². The molecule has 1 aromatic heterocycles. The van der Waals surface area contributed by atoms with E-state index in [0.29, 0.717) is 25.1 Å². The van der Waals surface area contributed by atoms with Crippen LogP contribution in [0.25, 0.3) is 11.0 Å². The molecule has 2 amide bonds. The third kappa shape index (κ3) is 5.12. The van der Waals surface area contributed by atoms with Crippen LogP contribution in [0.3, 0.4) is 0 Å². The Morgan fingerprint density at radius 3 is 2.84 bits per heavy atom. The minimum Gasteiger partial charge on any atom is -0.480 e. The van der Waals surface area contributed by atoms with E-state index in [9.17, 15) is 14.7 Å². The molecule has 0 aliphatic heterocycles. The number of imidazole rings is 1. The number of aromatic amines is 1. The number of nitrogens with zero attached hydrogens (tertiary/aromatic N) is 2. The molecule has 136 valence electrons. The number of carboxylic acid groups (broad SMARTS) is 1. The van der Waals surface area contributed by atoms with Crippen LogP contribution in [0.5, 0.6) is 0 Å². The van der Waals surface area contributed by atoms with Gasteiger partial charge in [0.2, 0.25) is 0 Å². The summed E-state index contributed by atoms with van der Waals surface area (Å²) in [7, 11) is 1.65. The highest BCUT2D eigenvalue weighted by Crippen LogP contribution is 2.15. The van der Waals surface area contributed by atoms with Gasteiger partial charge in [-0.1, -0.05) is 12.1 Å². The number of hydrogen-bond acceptors (Lipinski definition) is 4. The number of aliphatic carboxylic acids is 1. The summed E-state index contributed by atoms with van der Waals surface area (Å²) in [5, 5.41) is 11.8. The quantitative estimate of drug-likeness (QED) is 0.667. The first-order valence-electron chi connectivity index (χ1n) is 8.10. The Morgan fingerprint density at radius 2 is 2.20 bits per heavy atom. The first-order valence-corrected chi connectivity index (χ1v) is 9.49. The van der Waals surface area contributed by atoms with Crippen molar-refractivity contribution in [1.82, 2.24) is 20.2 Å². The summed E-state index contributed by atoms with van der Waals surface area (Å²) < 4.78 is 0. The zero-order valence-electron chi connectivity index (χ0n) is 14.7. The lowest BCUT2D eigenvalue weighted by Gasteiger charge is -2.21. The van der Waals surface area contributed by atoms with Crippen LogP contribution in [0.4, 0.5) is 4.79 Å². The average Bonchev–Trinajstić information content (AvgIpc) is 3.00. The van der Waals surface area contributed by atoms with Gasteiger partial charge in [0.05, 0.1) is 11.0 Å². The number of nitrogens with one attached hydrogen (secondary N) is 2. The zero-order valence-corrected chi connectivity index (χ0v) is 15.5. The van der Waals surface area contributed by atoms with Crippen molar-refractivity contribution in [1.29, 1.82) is 0 Å². The standard InChI is InChI=1S/C17H24N4O3S/c1-11-5-4-6-12-15(11)20-14(18-12)7-9-21(2)17(24)19-13(16(22)23)8-10-25-3/h4-6,13H,7-10H2,1-3H3,(H,18,20)(H,19,24)(H,22,23). The van der Waals surface area contributed by atoms with Gasteiger partial charge in [0, 0.05) is 20.0 Å². The van der Waals surface area contributed by atoms with Gasteiger partial charge in [0.25, 0.3) is 0 Å². The second kappa shape index (κ2) is 8.75. The molecule has 0 radical (unpaired) electrons. The number of hydrogen-bond donors (Lipinski definition) is 3. The molecule has 7 nitrogen and oxygen atoms in total. The third-order valence-electron chi connectivity index (χ3n) is 4.00. The molecule has 0 aliphatic rings. The van der Waals surface area contributed by atoms with Crippen molar-refractivity contribution >= 4 is 34.8 Å². The van der Waals surface area contributed by atoms with Crippen LogP contribution in [-0.4, -0.2) is 63.6 Å². The number of H-pyrrole nitrogens is 1. The monoisotopic (exact) mass is 364 g/mol. The molecule has 25 heavy (non-hydrogen) atoms. The Bertz CT molecular complexity index is 747. The number of aromatic nitrogens is 2. The fraction of sp³-hybridized carbons (Fsp3) is 0.471. The van der Waals surface area contributed by atoms with Crippen LogP contribution in [0.2, 0.25) is 0 Å². The van der Waals surface area contributed by atoms with Gasteiger partial charge >= 0.3 is 12.0 Å². The average molecular weight is 364 g/mol. The van der Waals surface area contributed by atoms with Crippen molar-refractivity contribution in [2.24, 2.45) is 0 Å². The van der Waals surface area contributed by atoms with Crippen LogP contribution in [0.1, 0.15) is 17.8 Å². The van der Waals surface area contributed by atoms with E-state index in [-0.39, 0.29) is 6.03 Å². The SMILES string of the molecule is CSCCC(NC(=O)N(C)CCc1nc2c(C)cccc2[nH]1)C(=O)O. The summed E-state index contributed by atoms with van der Waals surface area (Å²) >= 11 is 1.55. The molecule has 0 saturated heterocycles. The Balaban J connectivity index is 1.91. The summed E-state index contributed by atoms with van der Waals surface area (Å²) in [6.07, 6.45) is 2.88. The fourth-order valence-corrected chi connectivity index (χ4v) is 2.94. The first-order chi connectivity index (χ1) is 11.9. The summed E-state index contributed by atoms with van der Waals surface area (Å²) in [5.41, 5.74) is 3.02. The van der Waals surface area contributed by atoms with Crippen molar-refractivity contribution in [2.75, 3.05) is 25.6 Å². The number of rotatable bonds is 8. The number of likely N-dealkylation sites (N-methyl/N-ethyl adjacent to an activating group) is 1. The number of para-hydroxylation sites is 1. The second-order valence-electron chi connectivity index (χ2n) is 5.95. The summed E-state index contributed by atoms with van der Waals surface area (Å²) in [4.78, 5) is 32.7. The largest absolute Gasteiger partial charge is 0.480 e. The van der Waals surface area contributed by atoms with Crippen molar-refractivity contribution in [3.63, 3.8) is 0 Å². The molecule has 0 saturated carbocycles. The lowest BCUT2D eigenvalue weighted by Crippen LogP contribution is -2.47. The Labute approximate surface area is 151 Å². The fourth-order valence-electron chi connectivity index (χ4n) is 2.47. The topological polar surface area (TPSA) is 98.3 Å². The number of carboxylic acids is 1. The number of benzene rings is 1. The van der Waals surface area contributed by atoms with Gasteiger partial charge in [0.1, 0.15) is 11.9 Å². The number of carbonyl (C=O) groups excluding carboxylic acids is 1. The number of aryl methyl sites for hydroxylation is 1. The highest BCUT2D eigenvalue weighted by Gasteiger charge is 2.21. The van der Waals surface area contributed by atoms with Gasteiger partial charge in [-0.25, -0.2) is 14.6 Å². The molecule has 1 unspecified atom stereocenters. The summed E-state index contributed by atoms with van der Waals surface area (Å²) in [5.74, 6) is 0.476. The van der Waals surface area contributed by atoms with Crippen LogP contribution in [0.15, 0.2) is 18.2 Å². The number of thioether (sulfide) groups is 1. The molecule has 1 aromatic carbocycles. The van der Waals surface area contributed by atoms with E-state index in [4.69, 9.17) is 0 Å². The van der Waals surface area contributed by atoms with Crippen LogP contribution < -0.4 is 5.32 Å². The van der Waals surface area contributed by atoms with Crippen molar-refractivity contribution in [3.05, 3.63) is 29.6 Å². The van der Waals surface area contributed by atoms with E-state index in [1.54, 1.807) is 18.8 Å². The highest BCUT2D eigenvalue weighted by molar-refractivity contribution is 7.98. The van der Waals surface area contributed by atoms with Gasteiger partial charge in [-0.15, -0.1) is 0 Å². The smallest absolute Gasteiger partial charge is 0.326 e. The molecule has 2 rings (SSSR count). The predicted molar refractivity (Wildman–Crippen MR) is 100 cm³/mol. The van der Waals surface area contributed by atoms with Gasteiger partial charge in [-0.2, -0.15) is 11.8 Å². The molecule has 8 heteroatoms. The molecule has 0 fully saturated rings. The number of fused-ring (bicyclic) bond motifs is 1. The van der Waals surface area contributed by atoms with Crippen molar-refractivity contribution in [2.45, 2.75) is 25.8 Å². The first kappa shape index (κ1) is 19.1. The van der Waals surface area contributed by atoms with E-state index in [1.165, 1.54) is 4.90 Å². The normalized spacial score (nSPS) is 12.1. The Hall–Kier alpha value is -2.22. The molecule has 1 heterocycles. The predicted octanol–water partition coefficient (Wildman–Crippen LogP) is 2.26. The van der Waals surface area contributed by atoms with E-state index >= 15 is 0 Å². The number of amides is 2. The molecular weight excluding hydrogens is 340 g/mol. The van der Waals surface area contributed by atoms with E-state index < -0.39 is 12.0 Å². The van der Waals surface area contributed by atoms with Crippen molar-refractivity contribution in [3.8, 4) is 0 Å². The highest BCUT2D eigenvalue weighted by atomic mass is 32.2. The molecular formula is C17H24N4O3S. The lowest BCUT2D eigenvalue weighted by atomic mass is 10.2. The van der Waals surface area contributed by atoms with Crippen LogP contribution in [0, 0.1) is 6.92 Å². The number of urea groups is 1. The van der Waals surface area contributed by atoms with E-state index in [0.717, 1.165) is 22.4 Å². The van der Waals surface area contributed by atoms with Gasteiger partial charge in [-0.05, 0) is 37.0 Å². The molecule has 3 N–H and O–H groups in total. The van der Waals surface area contributed by atoms with Gasteiger partial charge in [0.15, 0.2) is 0 Å². The molecule has 1 atom stereocenters. The molecule has 2 aromatic rings. The summed E-state index contributed by atoms with van der Waals surface area (Å²) in [6.45, 7) is 2.45. The Kier molecular flexibility index (Phi) is 6.69. The molecule has 0 spiro atoms. The lowest BCUT2D eigenvalue weighted by molar-refractivity contribution is -0.139. The van der Waals surface area contributed by atoms with Crippen LogP contribution in [-0.2, 0) is 11.2 Å². The number of carbonyl (C=O) groups is 2. The maximum atomic E-state index is 12.2. The Morgan fingerprint density at radius 1 is 1.44 bits per heavy atom. The van der Waals surface area contributed by atoms with Gasteiger partial charge in [-0.3, -0.25) is 0 Å². The summed E-state index contributed by atoms with van der Waals surface area (Å²) in [6, 6.07) is 4.70. The van der Waals surface area contributed by atoms with Crippen LogP contribution >= 0.6 is 11.8 Å². The molecule has 0 aliphatic carbocycles. The maximum Gasteiger partial charge on any atom is 0.326 e. The maximum absolute atomic E-state index is 12.2. The minimum absolute atomic E-state index is 0.388. The third-order valence-corrected chi connectivity index (χ3v) is 4.64. The second-order valence-corrected chi connectivity index (χ2v) is 6.93.